The maximum atomic E-state index is 13.4. The standard InChI is InChI=1S/C18H15FN4O2S/c1-10-14-16(24)21-9-22-18(14)26-15(10)17(25)20-5-7-23-6-4-11-2-3-12(19)8-13(11)23/h2-4,6,8-9H,5,7H2,1H3,(H,20,25)(H,21,22,24). The Balaban J connectivity index is 1.51. The zero-order chi connectivity index (χ0) is 18.3. The molecule has 3 heterocycles. The zero-order valence-corrected chi connectivity index (χ0v) is 14.7. The number of thiophene rings is 1. The molecule has 0 fully saturated rings. The van der Waals surface area contributed by atoms with E-state index in [0.29, 0.717) is 33.7 Å². The molecule has 0 aliphatic heterocycles. The number of nitrogens with one attached hydrogen (secondary N) is 2. The Labute approximate surface area is 151 Å². The summed E-state index contributed by atoms with van der Waals surface area (Å²) in [5, 5.41) is 4.26. The Hall–Kier alpha value is -3.00. The van der Waals surface area contributed by atoms with Crippen molar-refractivity contribution < 1.29 is 9.18 Å². The Morgan fingerprint density at radius 2 is 2.23 bits per heavy atom. The molecule has 2 N–H and O–H groups in total. The number of hydrogen-bond acceptors (Lipinski definition) is 4. The maximum Gasteiger partial charge on any atom is 0.261 e. The summed E-state index contributed by atoms with van der Waals surface area (Å²) in [6, 6.07) is 6.54. The molecule has 26 heavy (non-hydrogen) atoms. The first-order valence-electron chi connectivity index (χ1n) is 8.04. The van der Waals surface area contributed by atoms with Gasteiger partial charge in [0.25, 0.3) is 11.5 Å². The number of nitrogens with zero attached hydrogens (tertiary/aromatic N) is 2. The van der Waals surface area contributed by atoms with Crippen LogP contribution >= 0.6 is 11.3 Å². The smallest absolute Gasteiger partial charge is 0.261 e. The molecule has 0 aliphatic rings. The number of fused-ring (bicyclic) bond motifs is 2. The van der Waals surface area contributed by atoms with Gasteiger partial charge >= 0.3 is 0 Å². The molecule has 132 valence electrons. The van der Waals surface area contributed by atoms with Crippen molar-refractivity contribution in [2.24, 2.45) is 0 Å². The molecule has 0 spiro atoms. The summed E-state index contributed by atoms with van der Waals surface area (Å²) in [5.74, 6) is -0.535. The molecule has 0 atom stereocenters. The van der Waals surface area contributed by atoms with E-state index in [2.05, 4.69) is 15.3 Å². The molecule has 0 radical (unpaired) electrons. The molecule has 3 aromatic heterocycles. The third-order valence-electron chi connectivity index (χ3n) is 4.31. The summed E-state index contributed by atoms with van der Waals surface area (Å²) in [4.78, 5) is 32.0. The topological polar surface area (TPSA) is 79.8 Å². The molecular formula is C18H15FN4O2S. The summed E-state index contributed by atoms with van der Waals surface area (Å²) in [7, 11) is 0. The third kappa shape index (κ3) is 2.78. The van der Waals surface area contributed by atoms with Crippen molar-refractivity contribution in [2.45, 2.75) is 13.5 Å². The number of hydrogen-bond donors (Lipinski definition) is 2. The molecule has 0 aliphatic carbocycles. The lowest BCUT2D eigenvalue weighted by Crippen LogP contribution is -2.27. The summed E-state index contributed by atoms with van der Waals surface area (Å²) < 4.78 is 15.3. The van der Waals surface area contributed by atoms with Gasteiger partial charge in [-0.1, -0.05) is 0 Å². The fraction of sp³-hybridized carbons (Fsp3) is 0.167. The Kier molecular flexibility index (Phi) is 4.04. The van der Waals surface area contributed by atoms with E-state index in [1.54, 1.807) is 13.0 Å². The number of aryl methyl sites for hydroxylation is 1. The van der Waals surface area contributed by atoms with Crippen LogP contribution in [0.15, 0.2) is 41.6 Å². The zero-order valence-electron chi connectivity index (χ0n) is 13.9. The number of amides is 1. The van der Waals surface area contributed by atoms with E-state index in [9.17, 15) is 14.0 Å². The van der Waals surface area contributed by atoms with Crippen LogP contribution in [0.5, 0.6) is 0 Å². The van der Waals surface area contributed by atoms with Gasteiger partial charge in [0.05, 0.1) is 22.1 Å². The highest BCUT2D eigenvalue weighted by molar-refractivity contribution is 7.20. The first-order valence-corrected chi connectivity index (χ1v) is 8.85. The van der Waals surface area contributed by atoms with Crippen LogP contribution < -0.4 is 10.9 Å². The minimum Gasteiger partial charge on any atom is -0.350 e. The molecule has 8 heteroatoms. The van der Waals surface area contributed by atoms with Crippen molar-refractivity contribution >= 4 is 38.4 Å². The lowest BCUT2D eigenvalue weighted by molar-refractivity contribution is 0.0956. The number of H-pyrrole nitrogens is 1. The highest BCUT2D eigenvalue weighted by atomic mass is 32.1. The predicted molar refractivity (Wildman–Crippen MR) is 99.2 cm³/mol. The van der Waals surface area contributed by atoms with Gasteiger partial charge in [-0.2, -0.15) is 0 Å². The average molecular weight is 370 g/mol. The molecule has 4 rings (SSSR count). The molecule has 1 aromatic carbocycles. The number of benzene rings is 1. The molecule has 0 saturated heterocycles. The third-order valence-corrected chi connectivity index (χ3v) is 5.51. The number of aromatic nitrogens is 3. The van der Waals surface area contributed by atoms with E-state index < -0.39 is 0 Å². The minimum absolute atomic E-state index is 0.243. The summed E-state index contributed by atoms with van der Waals surface area (Å²) in [5.41, 5.74) is 1.17. The highest BCUT2D eigenvalue weighted by Crippen LogP contribution is 2.26. The Bertz CT molecular complexity index is 1190. The molecule has 0 unspecified atom stereocenters. The minimum atomic E-state index is -0.292. The summed E-state index contributed by atoms with van der Waals surface area (Å²) in [6.07, 6.45) is 3.20. The van der Waals surface area contributed by atoms with Gasteiger partial charge in [-0.15, -0.1) is 11.3 Å². The normalized spacial score (nSPS) is 11.3. The van der Waals surface area contributed by atoms with Crippen molar-refractivity contribution in [3.05, 3.63) is 63.4 Å². The van der Waals surface area contributed by atoms with Crippen LogP contribution in [0.25, 0.3) is 21.1 Å². The average Bonchev–Trinajstić information content (AvgIpc) is 3.17. The van der Waals surface area contributed by atoms with Crippen LogP contribution in [0, 0.1) is 12.7 Å². The summed E-state index contributed by atoms with van der Waals surface area (Å²) >= 11 is 1.20. The first-order chi connectivity index (χ1) is 12.5. The molecule has 0 saturated carbocycles. The number of carbonyl (C=O) groups excluding carboxylic acids is 1. The van der Waals surface area contributed by atoms with Crippen molar-refractivity contribution in [2.75, 3.05) is 6.54 Å². The lowest BCUT2D eigenvalue weighted by Gasteiger charge is -2.07. The quantitative estimate of drug-likeness (QED) is 0.580. The van der Waals surface area contributed by atoms with Crippen LogP contribution in [-0.2, 0) is 6.54 Å². The maximum absolute atomic E-state index is 13.4. The van der Waals surface area contributed by atoms with E-state index in [1.807, 2.05) is 16.8 Å². The summed E-state index contributed by atoms with van der Waals surface area (Å²) in [6.45, 7) is 2.64. The van der Waals surface area contributed by atoms with Gasteiger partial charge < -0.3 is 14.9 Å². The number of carbonyl (C=O) groups is 1. The first kappa shape index (κ1) is 16.5. The van der Waals surface area contributed by atoms with Crippen molar-refractivity contribution in [1.29, 1.82) is 0 Å². The Morgan fingerprint density at radius 1 is 1.38 bits per heavy atom. The molecule has 4 aromatic rings. The second kappa shape index (κ2) is 6.38. The second-order valence-corrected chi connectivity index (χ2v) is 6.94. The van der Waals surface area contributed by atoms with Crippen molar-refractivity contribution in [1.82, 2.24) is 19.9 Å². The van der Waals surface area contributed by atoms with E-state index >= 15 is 0 Å². The van der Waals surface area contributed by atoms with Gasteiger partial charge in [0, 0.05) is 19.3 Å². The number of aromatic amines is 1. The number of rotatable bonds is 4. The SMILES string of the molecule is Cc1c(C(=O)NCCn2ccc3ccc(F)cc32)sc2nc[nH]c(=O)c12. The van der Waals surface area contributed by atoms with Gasteiger partial charge in [-0.25, -0.2) is 9.37 Å². The van der Waals surface area contributed by atoms with E-state index in [4.69, 9.17) is 0 Å². The lowest BCUT2D eigenvalue weighted by atomic mass is 10.2. The van der Waals surface area contributed by atoms with Crippen LogP contribution in [-0.4, -0.2) is 27.0 Å². The van der Waals surface area contributed by atoms with Crippen LogP contribution in [0.2, 0.25) is 0 Å². The van der Waals surface area contributed by atoms with Crippen molar-refractivity contribution in [3.63, 3.8) is 0 Å². The van der Waals surface area contributed by atoms with Crippen LogP contribution in [0.3, 0.4) is 0 Å². The highest BCUT2D eigenvalue weighted by Gasteiger charge is 2.18. The van der Waals surface area contributed by atoms with E-state index in [0.717, 1.165) is 10.9 Å². The van der Waals surface area contributed by atoms with E-state index in [1.165, 1.54) is 29.8 Å². The Morgan fingerprint density at radius 3 is 3.04 bits per heavy atom. The van der Waals surface area contributed by atoms with Gasteiger partial charge in [-0.05, 0) is 42.1 Å². The predicted octanol–water partition coefficient (Wildman–Crippen LogP) is 2.82. The molecule has 6 nitrogen and oxygen atoms in total. The van der Waals surface area contributed by atoms with Gasteiger partial charge in [0.2, 0.25) is 0 Å². The molecule has 0 bridgehead atoms. The van der Waals surface area contributed by atoms with Gasteiger partial charge in [-0.3, -0.25) is 9.59 Å². The largest absolute Gasteiger partial charge is 0.350 e. The van der Waals surface area contributed by atoms with Gasteiger partial charge in [0.1, 0.15) is 10.6 Å². The van der Waals surface area contributed by atoms with E-state index in [-0.39, 0.29) is 17.3 Å². The second-order valence-electron chi connectivity index (χ2n) is 5.94. The molecular weight excluding hydrogens is 355 g/mol. The number of halogens is 1. The van der Waals surface area contributed by atoms with Crippen LogP contribution in [0.4, 0.5) is 4.39 Å². The van der Waals surface area contributed by atoms with Crippen LogP contribution in [0.1, 0.15) is 15.2 Å². The monoisotopic (exact) mass is 370 g/mol. The fourth-order valence-electron chi connectivity index (χ4n) is 3.02. The van der Waals surface area contributed by atoms with Gasteiger partial charge in [0.15, 0.2) is 0 Å². The fourth-order valence-corrected chi connectivity index (χ4v) is 4.08. The molecule has 1 amide bonds. The van der Waals surface area contributed by atoms with Crippen molar-refractivity contribution in [3.8, 4) is 0 Å².